The Balaban J connectivity index is 1.26. The molecule has 2 fully saturated rings. The molecule has 2 aliphatic rings. The summed E-state index contributed by atoms with van der Waals surface area (Å²) in [5, 5.41) is 0. The van der Waals surface area contributed by atoms with Crippen LogP contribution in [0.2, 0.25) is 0 Å². The number of hydrogen-bond donors (Lipinski definition) is 0. The molecular weight excluding hydrogens is 364 g/mol. The topological polar surface area (TPSA) is 34.2 Å². The van der Waals surface area contributed by atoms with Gasteiger partial charge < -0.3 is 19.1 Å². The molecule has 2 aromatic rings. The van der Waals surface area contributed by atoms with Crippen LogP contribution in [-0.2, 0) is 22.7 Å². The molecule has 0 spiro atoms. The molecule has 2 aliphatic heterocycles. The average Bonchev–Trinajstić information content (AvgIpc) is 2.80. The summed E-state index contributed by atoms with van der Waals surface area (Å²) in [5.41, 5.74) is 3.70. The molecule has 0 radical (unpaired) electrons. The molecule has 0 atom stereocenters. The van der Waals surface area contributed by atoms with E-state index >= 15 is 0 Å². The van der Waals surface area contributed by atoms with Gasteiger partial charge in [0.05, 0.1) is 33.5 Å². The van der Waals surface area contributed by atoms with E-state index in [9.17, 15) is 0 Å². The van der Waals surface area contributed by atoms with Crippen molar-refractivity contribution in [3.8, 4) is 5.75 Å². The molecule has 0 N–H and O–H groups in total. The van der Waals surface area contributed by atoms with Crippen LogP contribution in [0, 0.1) is 0 Å². The molecule has 0 aromatic heterocycles. The molecule has 2 saturated heterocycles. The van der Waals surface area contributed by atoms with Crippen molar-refractivity contribution in [3.05, 3.63) is 59.7 Å². The molecule has 29 heavy (non-hydrogen) atoms. The summed E-state index contributed by atoms with van der Waals surface area (Å²) in [7, 11) is 1.68. The Morgan fingerprint density at radius 1 is 0.897 bits per heavy atom. The lowest BCUT2D eigenvalue weighted by Gasteiger charge is -2.40. The molecule has 0 unspecified atom stereocenters. The number of morpholine rings is 1. The number of methoxy groups -OCH3 is 1. The van der Waals surface area contributed by atoms with Crippen molar-refractivity contribution in [1.29, 1.82) is 0 Å². The van der Waals surface area contributed by atoms with Crippen molar-refractivity contribution < 1.29 is 14.2 Å². The fraction of sp³-hybridized carbons (Fsp3) is 0.500. The molecule has 0 bridgehead atoms. The quantitative estimate of drug-likeness (QED) is 0.713. The van der Waals surface area contributed by atoms with E-state index in [0.717, 1.165) is 50.7 Å². The molecule has 156 valence electrons. The zero-order valence-corrected chi connectivity index (χ0v) is 17.4. The predicted molar refractivity (Wildman–Crippen MR) is 116 cm³/mol. The average molecular weight is 397 g/mol. The maximum atomic E-state index is 5.94. The van der Waals surface area contributed by atoms with E-state index in [-0.39, 0.29) is 0 Å². The van der Waals surface area contributed by atoms with Gasteiger partial charge in [-0.25, -0.2) is 0 Å². The van der Waals surface area contributed by atoms with Crippen LogP contribution in [0.25, 0.3) is 0 Å². The maximum Gasteiger partial charge on any atom is 0.118 e. The Labute approximate surface area is 174 Å². The minimum Gasteiger partial charge on any atom is -0.497 e. The Kier molecular flexibility index (Phi) is 7.04. The second-order valence-electron chi connectivity index (χ2n) is 7.88. The van der Waals surface area contributed by atoms with Crippen molar-refractivity contribution in [1.82, 2.24) is 4.90 Å². The van der Waals surface area contributed by atoms with Crippen LogP contribution in [0.15, 0.2) is 48.5 Å². The van der Waals surface area contributed by atoms with Crippen LogP contribution in [0.4, 0.5) is 5.69 Å². The lowest BCUT2D eigenvalue weighted by molar-refractivity contribution is 0.0115. The summed E-state index contributed by atoms with van der Waals surface area (Å²) < 4.78 is 16.6. The number of rotatable bonds is 7. The largest absolute Gasteiger partial charge is 0.497 e. The molecule has 0 saturated carbocycles. The van der Waals surface area contributed by atoms with Crippen LogP contribution in [0.3, 0.4) is 0 Å². The Morgan fingerprint density at radius 2 is 1.62 bits per heavy atom. The van der Waals surface area contributed by atoms with E-state index in [2.05, 4.69) is 34.1 Å². The van der Waals surface area contributed by atoms with E-state index in [1.54, 1.807) is 7.11 Å². The highest BCUT2D eigenvalue weighted by Gasteiger charge is 2.25. The summed E-state index contributed by atoms with van der Waals surface area (Å²) >= 11 is 0. The summed E-state index contributed by atoms with van der Waals surface area (Å²) in [6.45, 7) is 7.44. The van der Waals surface area contributed by atoms with Gasteiger partial charge >= 0.3 is 0 Å². The third-order valence-corrected chi connectivity index (χ3v) is 6.00. The van der Waals surface area contributed by atoms with Gasteiger partial charge in [0.1, 0.15) is 5.75 Å². The summed E-state index contributed by atoms with van der Waals surface area (Å²) in [4.78, 5) is 5.13. The zero-order chi connectivity index (χ0) is 19.9. The Morgan fingerprint density at radius 3 is 2.34 bits per heavy atom. The van der Waals surface area contributed by atoms with E-state index < -0.39 is 0 Å². The fourth-order valence-corrected chi connectivity index (χ4v) is 4.28. The van der Waals surface area contributed by atoms with Crippen molar-refractivity contribution in [3.63, 3.8) is 0 Å². The van der Waals surface area contributed by atoms with Crippen LogP contribution in [0.5, 0.6) is 5.75 Å². The number of anilines is 1. The fourth-order valence-electron chi connectivity index (χ4n) is 4.28. The molecule has 2 heterocycles. The SMILES string of the molecule is COc1ccc(COCc2cccc(N3CCC(N4CCOCC4)CC3)c2)cc1. The lowest BCUT2D eigenvalue weighted by atomic mass is 10.0. The number of hydrogen-bond acceptors (Lipinski definition) is 5. The van der Waals surface area contributed by atoms with Gasteiger partial charge in [0.25, 0.3) is 0 Å². The van der Waals surface area contributed by atoms with Crippen LogP contribution in [-0.4, -0.2) is 57.4 Å². The zero-order valence-electron chi connectivity index (χ0n) is 17.4. The van der Waals surface area contributed by atoms with Gasteiger partial charge in [-0.15, -0.1) is 0 Å². The highest BCUT2D eigenvalue weighted by atomic mass is 16.5. The smallest absolute Gasteiger partial charge is 0.118 e. The standard InChI is InChI=1S/C24H32N2O3/c1-27-24-7-5-20(6-8-24)18-29-19-21-3-2-4-23(17-21)25-11-9-22(10-12-25)26-13-15-28-16-14-26/h2-8,17,22H,9-16,18-19H2,1H3. The highest BCUT2D eigenvalue weighted by molar-refractivity contribution is 5.49. The Bertz CT molecular complexity index is 751. The van der Waals surface area contributed by atoms with Gasteiger partial charge in [-0.1, -0.05) is 24.3 Å². The molecular formula is C24H32N2O3. The van der Waals surface area contributed by atoms with E-state index in [0.29, 0.717) is 19.3 Å². The molecule has 5 heteroatoms. The normalized spacial score (nSPS) is 18.7. The first-order valence-electron chi connectivity index (χ1n) is 10.7. The van der Waals surface area contributed by atoms with Crippen LogP contribution in [0.1, 0.15) is 24.0 Å². The summed E-state index contributed by atoms with van der Waals surface area (Å²) in [6.07, 6.45) is 2.47. The third-order valence-electron chi connectivity index (χ3n) is 6.00. The number of ether oxygens (including phenoxy) is 3. The maximum absolute atomic E-state index is 5.94. The minimum atomic E-state index is 0.610. The van der Waals surface area contributed by atoms with Crippen molar-refractivity contribution in [2.24, 2.45) is 0 Å². The van der Waals surface area contributed by atoms with Gasteiger partial charge in [0.2, 0.25) is 0 Å². The predicted octanol–water partition coefficient (Wildman–Crippen LogP) is 3.71. The summed E-state index contributed by atoms with van der Waals surface area (Å²) in [6, 6.07) is 17.6. The molecule has 5 nitrogen and oxygen atoms in total. The molecule has 2 aromatic carbocycles. The van der Waals surface area contributed by atoms with E-state index in [1.165, 1.54) is 24.1 Å². The monoisotopic (exact) mass is 396 g/mol. The Hall–Kier alpha value is -2.08. The van der Waals surface area contributed by atoms with Crippen molar-refractivity contribution in [2.75, 3.05) is 51.4 Å². The molecule has 0 aliphatic carbocycles. The van der Waals surface area contributed by atoms with Gasteiger partial charge in [-0.2, -0.15) is 0 Å². The van der Waals surface area contributed by atoms with Crippen LogP contribution < -0.4 is 9.64 Å². The van der Waals surface area contributed by atoms with Crippen LogP contribution >= 0.6 is 0 Å². The minimum absolute atomic E-state index is 0.610. The van der Waals surface area contributed by atoms with Gasteiger partial charge in [-0.3, -0.25) is 4.90 Å². The lowest BCUT2D eigenvalue weighted by Crippen LogP contribution is -2.49. The first-order valence-corrected chi connectivity index (χ1v) is 10.7. The second kappa shape index (κ2) is 10.1. The molecule has 4 rings (SSSR count). The highest BCUT2D eigenvalue weighted by Crippen LogP contribution is 2.24. The second-order valence-corrected chi connectivity index (χ2v) is 7.88. The van der Waals surface area contributed by atoms with Crippen molar-refractivity contribution >= 4 is 5.69 Å². The summed E-state index contributed by atoms with van der Waals surface area (Å²) in [5.74, 6) is 0.874. The third kappa shape index (κ3) is 5.50. The molecule has 0 amide bonds. The number of benzene rings is 2. The number of nitrogens with zero attached hydrogens (tertiary/aromatic N) is 2. The van der Waals surface area contributed by atoms with Gasteiger partial charge in [0.15, 0.2) is 0 Å². The van der Waals surface area contributed by atoms with Crippen molar-refractivity contribution in [2.45, 2.75) is 32.1 Å². The van der Waals surface area contributed by atoms with Gasteiger partial charge in [-0.05, 0) is 48.2 Å². The van der Waals surface area contributed by atoms with Gasteiger partial charge in [0, 0.05) is 37.9 Å². The van der Waals surface area contributed by atoms with E-state index in [4.69, 9.17) is 14.2 Å². The first-order chi connectivity index (χ1) is 14.3. The van der Waals surface area contributed by atoms with E-state index in [1.807, 2.05) is 24.3 Å². The number of piperidine rings is 1. The first kappa shape index (κ1) is 20.2.